The van der Waals surface area contributed by atoms with E-state index in [2.05, 4.69) is 5.92 Å². The van der Waals surface area contributed by atoms with Gasteiger partial charge in [0.15, 0.2) is 0 Å². The lowest BCUT2D eigenvalue weighted by Gasteiger charge is -1.98. The van der Waals surface area contributed by atoms with Crippen molar-refractivity contribution in [1.82, 2.24) is 0 Å². The van der Waals surface area contributed by atoms with E-state index in [9.17, 15) is 4.79 Å². The Morgan fingerprint density at radius 3 is 2.46 bits per heavy atom. The van der Waals surface area contributed by atoms with E-state index in [1.165, 1.54) is 0 Å². The molecule has 0 aromatic heterocycles. The number of carboxylic acids is 1. The van der Waals surface area contributed by atoms with Crippen molar-refractivity contribution in [3.05, 3.63) is 35.4 Å². The number of carboxylic acid groups (broad SMARTS) is 1. The van der Waals surface area contributed by atoms with Crippen molar-refractivity contribution < 1.29 is 9.90 Å². The minimum atomic E-state index is -0.900. The molecule has 2 nitrogen and oxygen atoms in total. The van der Waals surface area contributed by atoms with Crippen LogP contribution in [0.5, 0.6) is 0 Å². The van der Waals surface area contributed by atoms with E-state index in [-0.39, 0.29) is 0 Å². The Bertz CT molecular complexity index is 330. The van der Waals surface area contributed by atoms with Crippen molar-refractivity contribution >= 4 is 5.97 Å². The van der Waals surface area contributed by atoms with E-state index < -0.39 is 5.97 Å². The fraction of sp³-hybridized carbons (Fsp3) is 0.182. The normalized spacial score (nSPS) is 9.15. The van der Waals surface area contributed by atoms with Crippen LogP contribution in [0, 0.1) is 12.3 Å². The number of rotatable bonds is 3. The number of aromatic carboxylic acids is 1. The van der Waals surface area contributed by atoms with Crippen LogP contribution in [0.15, 0.2) is 24.3 Å². The predicted molar refractivity (Wildman–Crippen MR) is 50.6 cm³/mol. The van der Waals surface area contributed by atoms with Crippen molar-refractivity contribution in [1.29, 1.82) is 0 Å². The molecule has 1 aromatic rings. The molecule has 0 aliphatic heterocycles. The summed E-state index contributed by atoms with van der Waals surface area (Å²) in [6, 6.07) is 6.77. The first-order chi connectivity index (χ1) is 6.24. The van der Waals surface area contributed by atoms with Crippen molar-refractivity contribution in [3.8, 4) is 12.3 Å². The van der Waals surface area contributed by atoms with Crippen molar-refractivity contribution in [3.63, 3.8) is 0 Å². The quantitative estimate of drug-likeness (QED) is 0.711. The van der Waals surface area contributed by atoms with Gasteiger partial charge in [-0.25, -0.2) is 4.79 Å². The number of hydrogen-bond donors (Lipinski definition) is 1. The summed E-state index contributed by atoms with van der Waals surface area (Å²) >= 11 is 0. The Morgan fingerprint density at radius 2 is 2.00 bits per heavy atom. The third-order valence-electron chi connectivity index (χ3n) is 1.76. The predicted octanol–water partition coefficient (Wildman–Crippen LogP) is 1.95. The topological polar surface area (TPSA) is 37.3 Å². The standard InChI is InChI=1S/C11H10O2/c1-2-3-4-9-5-7-10(8-6-9)11(12)13/h1,5-8H,3-4H2,(H,12,13). The Kier molecular flexibility index (Phi) is 3.10. The summed E-state index contributed by atoms with van der Waals surface area (Å²) < 4.78 is 0. The molecule has 0 unspecified atom stereocenters. The monoisotopic (exact) mass is 174 g/mol. The summed E-state index contributed by atoms with van der Waals surface area (Å²) in [6.07, 6.45) is 6.60. The first kappa shape index (κ1) is 9.34. The van der Waals surface area contributed by atoms with Gasteiger partial charge >= 0.3 is 5.97 Å². The van der Waals surface area contributed by atoms with Gasteiger partial charge in [0.25, 0.3) is 0 Å². The minimum Gasteiger partial charge on any atom is -0.478 e. The fourth-order valence-corrected chi connectivity index (χ4v) is 1.03. The lowest BCUT2D eigenvalue weighted by Crippen LogP contribution is -1.95. The molecule has 0 radical (unpaired) electrons. The molecule has 0 spiro atoms. The maximum absolute atomic E-state index is 10.5. The van der Waals surface area contributed by atoms with Gasteiger partial charge in [0.05, 0.1) is 5.56 Å². The highest BCUT2D eigenvalue weighted by atomic mass is 16.4. The van der Waals surface area contributed by atoms with Crippen LogP contribution in [0.1, 0.15) is 22.3 Å². The van der Waals surface area contributed by atoms with Crippen LogP contribution < -0.4 is 0 Å². The van der Waals surface area contributed by atoms with Gasteiger partial charge in [-0.2, -0.15) is 0 Å². The van der Waals surface area contributed by atoms with Gasteiger partial charge in [-0.3, -0.25) is 0 Å². The zero-order valence-corrected chi connectivity index (χ0v) is 7.16. The van der Waals surface area contributed by atoms with Crippen LogP contribution in [0.3, 0.4) is 0 Å². The molecule has 0 amide bonds. The van der Waals surface area contributed by atoms with Gasteiger partial charge < -0.3 is 5.11 Å². The summed E-state index contributed by atoms with van der Waals surface area (Å²) in [5.74, 6) is 1.64. The van der Waals surface area contributed by atoms with Crippen LogP contribution in [-0.4, -0.2) is 11.1 Å². The molecule has 13 heavy (non-hydrogen) atoms. The number of carbonyl (C=O) groups is 1. The van der Waals surface area contributed by atoms with Gasteiger partial charge in [0.2, 0.25) is 0 Å². The Morgan fingerprint density at radius 1 is 1.38 bits per heavy atom. The fourth-order valence-electron chi connectivity index (χ4n) is 1.03. The maximum Gasteiger partial charge on any atom is 0.335 e. The van der Waals surface area contributed by atoms with E-state index in [0.29, 0.717) is 12.0 Å². The van der Waals surface area contributed by atoms with E-state index in [0.717, 1.165) is 12.0 Å². The van der Waals surface area contributed by atoms with Crippen molar-refractivity contribution in [2.75, 3.05) is 0 Å². The van der Waals surface area contributed by atoms with Gasteiger partial charge in [-0.1, -0.05) is 12.1 Å². The summed E-state index contributed by atoms with van der Waals surface area (Å²) in [7, 11) is 0. The lowest BCUT2D eigenvalue weighted by atomic mass is 10.1. The zero-order chi connectivity index (χ0) is 9.68. The Labute approximate surface area is 77.2 Å². The third kappa shape index (κ3) is 2.64. The van der Waals surface area contributed by atoms with Crippen LogP contribution in [0.2, 0.25) is 0 Å². The second-order valence-corrected chi connectivity index (χ2v) is 2.71. The molecule has 2 heteroatoms. The van der Waals surface area contributed by atoms with E-state index in [4.69, 9.17) is 11.5 Å². The Balaban J connectivity index is 2.71. The van der Waals surface area contributed by atoms with Gasteiger partial charge in [0.1, 0.15) is 0 Å². The molecule has 0 aliphatic rings. The van der Waals surface area contributed by atoms with Crippen molar-refractivity contribution in [2.24, 2.45) is 0 Å². The molecule has 0 aliphatic carbocycles. The van der Waals surface area contributed by atoms with Crippen LogP contribution in [0.4, 0.5) is 0 Å². The number of terminal acetylenes is 1. The average molecular weight is 174 g/mol. The van der Waals surface area contributed by atoms with Crippen LogP contribution in [-0.2, 0) is 6.42 Å². The highest BCUT2D eigenvalue weighted by Gasteiger charge is 2.00. The summed E-state index contributed by atoms with van der Waals surface area (Å²) in [5, 5.41) is 8.62. The van der Waals surface area contributed by atoms with Gasteiger partial charge in [-0.05, 0) is 24.1 Å². The zero-order valence-electron chi connectivity index (χ0n) is 7.16. The summed E-state index contributed by atoms with van der Waals surface area (Å²) in [6.45, 7) is 0. The molecule has 66 valence electrons. The number of benzene rings is 1. The third-order valence-corrected chi connectivity index (χ3v) is 1.76. The molecule has 1 rings (SSSR count). The molecule has 0 atom stereocenters. The number of aryl methyl sites for hydroxylation is 1. The second-order valence-electron chi connectivity index (χ2n) is 2.71. The largest absolute Gasteiger partial charge is 0.478 e. The van der Waals surface area contributed by atoms with Gasteiger partial charge in [-0.15, -0.1) is 12.3 Å². The van der Waals surface area contributed by atoms with Crippen LogP contribution in [0.25, 0.3) is 0 Å². The minimum absolute atomic E-state index is 0.310. The van der Waals surface area contributed by atoms with E-state index >= 15 is 0 Å². The molecule has 1 N–H and O–H groups in total. The lowest BCUT2D eigenvalue weighted by molar-refractivity contribution is 0.0697. The average Bonchev–Trinajstić information content (AvgIpc) is 2.15. The highest BCUT2D eigenvalue weighted by molar-refractivity contribution is 5.87. The molecule has 0 fully saturated rings. The second kappa shape index (κ2) is 4.32. The van der Waals surface area contributed by atoms with E-state index in [1.807, 2.05) is 0 Å². The molecule has 0 saturated heterocycles. The molecule has 1 aromatic carbocycles. The van der Waals surface area contributed by atoms with Crippen LogP contribution >= 0.6 is 0 Å². The SMILES string of the molecule is C#CCCc1ccc(C(=O)O)cc1. The molecule has 0 bridgehead atoms. The first-order valence-corrected chi connectivity index (χ1v) is 3.99. The number of hydrogen-bond acceptors (Lipinski definition) is 1. The first-order valence-electron chi connectivity index (χ1n) is 3.99. The van der Waals surface area contributed by atoms with Gasteiger partial charge in [0, 0.05) is 6.42 Å². The van der Waals surface area contributed by atoms with E-state index in [1.54, 1.807) is 24.3 Å². The molecular formula is C11H10O2. The molecule has 0 heterocycles. The smallest absolute Gasteiger partial charge is 0.335 e. The molecular weight excluding hydrogens is 164 g/mol. The maximum atomic E-state index is 10.5. The highest BCUT2D eigenvalue weighted by Crippen LogP contribution is 2.06. The summed E-state index contributed by atoms with van der Waals surface area (Å²) in [4.78, 5) is 10.5. The summed E-state index contributed by atoms with van der Waals surface area (Å²) in [5.41, 5.74) is 1.38. The Hall–Kier alpha value is -1.75. The van der Waals surface area contributed by atoms with Crippen molar-refractivity contribution in [2.45, 2.75) is 12.8 Å². The molecule has 0 saturated carbocycles.